The summed E-state index contributed by atoms with van der Waals surface area (Å²) in [7, 11) is 0. The minimum absolute atomic E-state index is 0.0382. The molecule has 1 aromatic heterocycles. The van der Waals surface area contributed by atoms with Gasteiger partial charge in [-0.1, -0.05) is 6.92 Å². The third-order valence-corrected chi connectivity index (χ3v) is 2.53. The van der Waals surface area contributed by atoms with Crippen LogP contribution in [0.2, 0.25) is 0 Å². The van der Waals surface area contributed by atoms with Crippen LogP contribution >= 0.6 is 0 Å². The summed E-state index contributed by atoms with van der Waals surface area (Å²) in [6.07, 6.45) is 5.09. The van der Waals surface area contributed by atoms with E-state index in [-0.39, 0.29) is 6.42 Å². The molecule has 0 amide bonds. The van der Waals surface area contributed by atoms with E-state index >= 15 is 0 Å². The van der Waals surface area contributed by atoms with E-state index in [1.165, 1.54) is 0 Å². The summed E-state index contributed by atoms with van der Waals surface area (Å²) in [6.45, 7) is 2.07. The highest BCUT2D eigenvalue weighted by atomic mass is 16.4. The molecule has 2 rings (SSSR count). The van der Waals surface area contributed by atoms with Gasteiger partial charge in [-0.2, -0.15) is 0 Å². The second-order valence-electron chi connectivity index (χ2n) is 3.69. The van der Waals surface area contributed by atoms with Gasteiger partial charge in [0.25, 0.3) is 0 Å². The van der Waals surface area contributed by atoms with E-state index in [1.54, 1.807) is 6.20 Å². The highest BCUT2D eigenvalue weighted by molar-refractivity contribution is 5.69. The van der Waals surface area contributed by atoms with Crippen LogP contribution in [0.5, 0.6) is 0 Å². The molecule has 1 aliphatic rings. The molecule has 1 fully saturated rings. The quantitative estimate of drug-likeness (QED) is 0.788. The van der Waals surface area contributed by atoms with E-state index in [4.69, 9.17) is 5.11 Å². The number of hydrogen-bond donors (Lipinski definition) is 1. The first-order valence-corrected chi connectivity index (χ1v) is 4.99. The van der Waals surface area contributed by atoms with E-state index in [0.717, 1.165) is 25.0 Å². The predicted octanol–water partition coefficient (Wildman–Crippen LogP) is 1.41. The summed E-state index contributed by atoms with van der Waals surface area (Å²) >= 11 is 0. The predicted molar refractivity (Wildman–Crippen MR) is 51.2 cm³/mol. The second-order valence-corrected chi connectivity index (χ2v) is 3.69. The van der Waals surface area contributed by atoms with Crippen LogP contribution in [0, 0.1) is 0 Å². The van der Waals surface area contributed by atoms with Gasteiger partial charge in [-0.3, -0.25) is 4.79 Å². The monoisotopic (exact) mass is 194 g/mol. The highest BCUT2D eigenvalue weighted by Gasteiger charge is 2.28. The topological polar surface area (TPSA) is 55.1 Å². The zero-order valence-corrected chi connectivity index (χ0v) is 8.23. The van der Waals surface area contributed by atoms with Gasteiger partial charge >= 0.3 is 5.97 Å². The van der Waals surface area contributed by atoms with Crippen molar-refractivity contribution < 1.29 is 9.90 Å². The Morgan fingerprint density at radius 1 is 1.71 bits per heavy atom. The van der Waals surface area contributed by atoms with Crippen LogP contribution in [0.1, 0.15) is 37.3 Å². The number of nitrogens with zero attached hydrogens (tertiary/aromatic N) is 2. The number of imidazole rings is 1. The minimum Gasteiger partial charge on any atom is -0.481 e. The highest BCUT2D eigenvalue weighted by Crippen LogP contribution is 2.37. The Balaban J connectivity index is 2.29. The maximum atomic E-state index is 10.6. The Labute approximate surface area is 82.6 Å². The lowest BCUT2D eigenvalue weighted by molar-refractivity contribution is -0.136. The molecule has 1 aliphatic carbocycles. The van der Waals surface area contributed by atoms with Crippen LogP contribution in [0.25, 0.3) is 0 Å². The minimum atomic E-state index is -0.805. The summed E-state index contributed by atoms with van der Waals surface area (Å²) in [5.41, 5.74) is 1.16. The number of aromatic nitrogens is 2. The van der Waals surface area contributed by atoms with Gasteiger partial charge in [0, 0.05) is 17.9 Å². The van der Waals surface area contributed by atoms with Crippen molar-refractivity contribution in [1.82, 2.24) is 9.55 Å². The largest absolute Gasteiger partial charge is 0.481 e. The van der Waals surface area contributed by atoms with Crippen LogP contribution in [0.4, 0.5) is 0 Å². The maximum Gasteiger partial charge on any atom is 0.311 e. The number of hydrogen-bond acceptors (Lipinski definition) is 2. The molecule has 0 unspecified atom stereocenters. The molecule has 76 valence electrons. The van der Waals surface area contributed by atoms with Crippen molar-refractivity contribution in [2.24, 2.45) is 0 Å². The number of carboxylic acids is 1. The first-order chi connectivity index (χ1) is 6.72. The second kappa shape index (κ2) is 3.44. The fourth-order valence-corrected chi connectivity index (χ4v) is 1.74. The van der Waals surface area contributed by atoms with Crippen LogP contribution in [-0.4, -0.2) is 20.6 Å². The Kier molecular flexibility index (Phi) is 2.27. The zero-order chi connectivity index (χ0) is 10.1. The number of aryl methyl sites for hydroxylation is 1. The van der Waals surface area contributed by atoms with E-state index in [9.17, 15) is 4.79 Å². The number of carbonyl (C=O) groups is 1. The Morgan fingerprint density at radius 3 is 2.93 bits per heavy atom. The standard InChI is InChI=1S/C10H14N2O2/c1-2-7-6-11-9(5-10(13)14)12(7)8-3-4-8/h6,8H,2-5H2,1H3,(H,13,14). The van der Waals surface area contributed by atoms with Crippen LogP contribution in [-0.2, 0) is 17.6 Å². The lowest BCUT2D eigenvalue weighted by atomic mass is 10.3. The SMILES string of the molecule is CCc1cnc(CC(=O)O)n1C1CC1. The summed E-state index contributed by atoms with van der Waals surface area (Å²) in [5, 5.41) is 8.72. The molecule has 0 saturated heterocycles. The van der Waals surface area contributed by atoms with Gasteiger partial charge < -0.3 is 9.67 Å². The molecule has 0 radical (unpaired) electrons. The number of aliphatic carboxylic acids is 1. The lowest BCUT2D eigenvalue weighted by Gasteiger charge is -2.07. The maximum absolute atomic E-state index is 10.6. The molecule has 4 heteroatoms. The number of rotatable bonds is 4. The van der Waals surface area contributed by atoms with E-state index in [2.05, 4.69) is 16.5 Å². The van der Waals surface area contributed by atoms with Gasteiger partial charge in [-0.15, -0.1) is 0 Å². The number of carboxylic acid groups (broad SMARTS) is 1. The van der Waals surface area contributed by atoms with Crippen molar-refractivity contribution in [3.8, 4) is 0 Å². The normalized spacial score (nSPS) is 15.8. The van der Waals surface area contributed by atoms with E-state index in [0.29, 0.717) is 11.9 Å². The van der Waals surface area contributed by atoms with Crippen molar-refractivity contribution in [1.29, 1.82) is 0 Å². The zero-order valence-electron chi connectivity index (χ0n) is 8.23. The first-order valence-electron chi connectivity index (χ1n) is 4.99. The smallest absolute Gasteiger partial charge is 0.311 e. The van der Waals surface area contributed by atoms with Crippen LogP contribution in [0.15, 0.2) is 6.20 Å². The lowest BCUT2D eigenvalue weighted by Crippen LogP contribution is -2.10. The van der Waals surface area contributed by atoms with E-state index < -0.39 is 5.97 Å². The Morgan fingerprint density at radius 2 is 2.43 bits per heavy atom. The molecule has 1 saturated carbocycles. The molecule has 1 aromatic rings. The molecule has 0 aromatic carbocycles. The summed E-state index contributed by atoms with van der Waals surface area (Å²) < 4.78 is 2.11. The average molecular weight is 194 g/mol. The van der Waals surface area contributed by atoms with Crippen LogP contribution in [0.3, 0.4) is 0 Å². The fraction of sp³-hybridized carbons (Fsp3) is 0.600. The van der Waals surface area contributed by atoms with Crippen molar-refractivity contribution in [3.63, 3.8) is 0 Å². The fourth-order valence-electron chi connectivity index (χ4n) is 1.74. The third-order valence-electron chi connectivity index (χ3n) is 2.53. The summed E-state index contributed by atoms with van der Waals surface area (Å²) in [4.78, 5) is 14.8. The van der Waals surface area contributed by atoms with Crippen molar-refractivity contribution >= 4 is 5.97 Å². The van der Waals surface area contributed by atoms with E-state index in [1.807, 2.05) is 0 Å². The van der Waals surface area contributed by atoms with Gasteiger partial charge in [-0.05, 0) is 19.3 Å². The molecule has 1 heterocycles. The van der Waals surface area contributed by atoms with Gasteiger partial charge in [-0.25, -0.2) is 4.98 Å². The average Bonchev–Trinajstić information content (AvgIpc) is 2.88. The van der Waals surface area contributed by atoms with Crippen molar-refractivity contribution in [2.45, 2.75) is 38.6 Å². The molecule has 0 aliphatic heterocycles. The van der Waals surface area contributed by atoms with Gasteiger partial charge in [0.05, 0.1) is 0 Å². The molecule has 1 N–H and O–H groups in total. The molecule has 0 atom stereocenters. The molecule has 0 spiro atoms. The van der Waals surface area contributed by atoms with Crippen molar-refractivity contribution in [3.05, 3.63) is 17.7 Å². The van der Waals surface area contributed by atoms with Gasteiger partial charge in [0.2, 0.25) is 0 Å². The summed E-state index contributed by atoms with van der Waals surface area (Å²) in [5.74, 6) is -0.1000. The molecule has 0 bridgehead atoms. The van der Waals surface area contributed by atoms with Gasteiger partial charge in [0.15, 0.2) is 0 Å². The van der Waals surface area contributed by atoms with Crippen molar-refractivity contribution in [2.75, 3.05) is 0 Å². The molecular weight excluding hydrogens is 180 g/mol. The summed E-state index contributed by atoms with van der Waals surface area (Å²) in [6, 6.07) is 0.516. The first kappa shape index (κ1) is 9.24. The van der Waals surface area contributed by atoms with Gasteiger partial charge in [0.1, 0.15) is 12.2 Å². The molecule has 14 heavy (non-hydrogen) atoms. The van der Waals surface area contributed by atoms with Crippen LogP contribution < -0.4 is 0 Å². The molecule has 4 nitrogen and oxygen atoms in total. The Bertz CT molecular complexity index is 353. The third kappa shape index (κ3) is 1.64. The Hall–Kier alpha value is -1.32. The molecular formula is C10H14N2O2.